The van der Waals surface area contributed by atoms with Gasteiger partial charge in [0, 0.05) is 6.54 Å². The average molecular weight is 230 g/mol. The minimum absolute atomic E-state index is 0.514. The van der Waals surface area contributed by atoms with Gasteiger partial charge in [0.2, 0.25) is 0 Å². The first kappa shape index (κ1) is 12.8. The number of hydrogen-bond acceptors (Lipinski definition) is 3. The summed E-state index contributed by atoms with van der Waals surface area (Å²) in [5, 5.41) is 22.7. The molecule has 1 fully saturated rings. The van der Waals surface area contributed by atoms with Crippen LogP contribution in [-0.4, -0.2) is 40.9 Å². The molecule has 0 aromatic carbocycles. The van der Waals surface area contributed by atoms with E-state index in [0.717, 1.165) is 12.8 Å². The van der Waals surface area contributed by atoms with Crippen molar-refractivity contribution in [1.82, 2.24) is 10.6 Å². The van der Waals surface area contributed by atoms with Crippen molar-refractivity contribution in [3.63, 3.8) is 0 Å². The third-order valence-corrected chi connectivity index (χ3v) is 2.81. The second-order valence-electron chi connectivity index (χ2n) is 4.21. The summed E-state index contributed by atoms with van der Waals surface area (Å²) in [7, 11) is 0. The Morgan fingerprint density at radius 1 is 1.44 bits per heavy atom. The highest BCUT2D eigenvalue weighted by atomic mass is 16.4. The number of aliphatic hydroxyl groups excluding tert-OH is 1. The molecule has 1 saturated carbocycles. The van der Waals surface area contributed by atoms with Crippen LogP contribution in [0.25, 0.3) is 0 Å². The van der Waals surface area contributed by atoms with Crippen LogP contribution in [0.1, 0.15) is 26.2 Å². The largest absolute Gasteiger partial charge is 0.480 e. The lowest BCUT2D eigenvalue weighted by atomic mass is 9.85. The van der Waals surface area contributed by atoms with Gasteiger partial charge in [-0.2, -0.15) is 0 Å². The maximum Gasteiger partial charge on any atom is 0.328 e. The Morgan fingerprint density at radius 2 is 2.06 bits per heavy atom. The molecule has 6 heteroatoms. The SMILES string of the molecule is C[C@@H](O)[C@H](NC(=O)NCC1CCC1)C(=O)O. The highest BCUT2D eigenvalue weighted by Crippen LogP contribution is 2.24. The van der Waals surface area contributed by atoms with E-state index in [1.54, 1.807) is 0 Å². The lowest BCUT2D eigenvalue weighted by Crippen LogP contribution is -2.51. The van der Waals surface area contributed by atoms with E-state index in [1.807, 2.05) is 0 Å². The first-order chi connectivity index (χ1) is 7.50. The molecule has 0 unspecified atom stereocenters. The number of nitrogens with one attached hydrogen (secondary N) is 2. The van der Waals surface area contributed by atoms with Crippen LogP contribution in [0.2, 0.25) is 0 Å². The number of carbonyl (C=O) groups excluding carboxylic acids is 1. The highest BCUT2D eigenvalue weighted by molar-refractivity contribution is 5.82. The first-order valence-electron chi connectivity index (χ1n) is 5.46. The molecule has 0 saturated heterocycles. The van der Waals surface area contributed by atoms with Gasteiger partial charge >= 0.3 is 12.0 Å². The Kier molecular flexibility index (Phi) is 4.54. The van der Waals surface area contributed by atoms with Gasteiger partial charge in [-0.05, 0) is 25.7 Å². The van der Waals surface area contributed by atoms with E-state index < -0.39 is 24.1 Å². The number of aliphatic hydroxyl groups is 1. The number of amides is 2. The van der Waals surface area contributed by atoms with E-state index >= 15 is 0 Å². The molecule has 0 aromatic rings. The number of carboxylic acids is 1. The Morgan fingerprint density at radius 3 is 2.44 bits per heavy atom. The molecule has 0 heterocycles. The summed E-state index contributed by atoms with van der Waals surface area (Å²) in [4.78, 5) is 22.0. The van der Waals surface area contributed by atoms with Crippen LogP contribution in [0.3, 0.4) is 0 Å². The minimum atomic E-state index is -1.26. The molecule has 4 N–H and O–H groups in total. The maximum atomic E-state index is 11.3. The Labute approximate surface area is 94.0 Å². The lowest BCUT2D eigenvalue weighted by Gasteiger charge is -2.26. The lowest BCUT2D eigenvalue weighted by molar-refractivity contribution is -0.141. The fourth-order valence-electron chi connectivity index (χ4n) is 1.51. The summed E-state index contributed by atoms with van der Waals surface area (Å²) in [6.07, 6.45) is 2.30. The molecule has 6 nitrogen and oxygen atoms in total. The molecule has 1 rings (SSSR count). The van der Waals surface area contributed by atoms with Crippen molar-refractivity contribution in [2.75, 3.05) is 6.54 Å². The number of carbonyl (C=O) groups is 2. The topological polar surface area (TPSA) is 98.7 Å². The van der Waals surface area contributed by atoms with Gasteiger partial charge in [-0.3, -0.25) is 0 Å². The van der Waals surface area contributed by atoms with Gasteiger partial charge in [-0.25, -0.2) is 9.59 Å². The molecule has 0 bridgehead atoms. The van der Waals surface area contributed by atoms with E-state index in [-0.39, 0.29) is 0 Å². The molecule has 0 aromatic heterocycles. The van der Waals surface area contributed by atoms with E-state index in [9.17, 15) is 9.59 Å². The molecular weight excluding hydrogens is 212 g/mol. The predicted molar refractivity (Wildman–Crippen MR) is 57.0 cm³/mol. The number of aliphatic carboxylic acids is 1. The monoisotopic (exact) mass is 230 g/mol. The molecule has 2 atom stereocenters. The van der Waals surface area contributed by atoms with Crippen molar-refractivity contribution >= 4 is 12.0 Å². The van der Waals surface area contributed by atoms with Crippen LogP contribution < -0.4 is 10.6 Å². The molecule has 0 spiro atoms. The summed E-state index contributed by atoms with van der Waals surface area (Å²) in [5.74, 6) is -0.727. The third-order valence-electron chi connectivity index (χ3n) is 2.81. The number of hydrogen-bond donors (Lipinski definition) is 4. The first-order valence-corrected chi connectivity index (χ1v) is 5.46. The second-order valence-corrected chi connectivity index (χ2v) is 4.21. The van der Waals surface area contributed by atoms with Crippen molar-refractivity contribution in [1.29, 1.82) is 0 Å². The fourth-order valence-corrected chi connectivity index (χ4v) is 1.51. The van der Waals surface area contributed by atoms with Crippen molar-refractivity contribution in [2.45, 2.75) is 38.3 Å². The smallest absolute Gasteiger partial charge is 0.328 e. The third kappa shape index (κ3) is 3.69. The van der Waals surface area contributed by atoms with Crippen LogP contribution >= 0.6 is 0 Å². The normalized spacial score (nSPS) is 19.4. The van der Waals surface area contributed by atoms with E-state index in [0.29, 0.717) is 12.5 Å². The van der Waals surface area contributed by atoms with Gasteiger partial charge in [0.1, 0.15) is 0 Å². The van der Waals surface area contributed by atoms with Crippen LogP contribution in [0, 0.1) is 5.92 Å². The van der Waals surface area contributed by atoms with Crippen molar-refractivity contribution in [3.05, 3.63) is 0 Å². The van der Waals surface area contributed by atoms with Gasteiger partial charge in [0.05, 0.1) is 6.10 Å². The summed E-state index contributed by atoms with van der Waals surface area (Å²) in [5.41, 5.74) is 0. The molecular formula is C10H18N2O4. The van der Waals surface area contributed by atoms with E-state index in [4.69, 9.17) is 10.2 Å². The maximum absolute atomic E-state index is 11.3. The molecule has 2 amide bonds. The summed E-state index contributed by atoms with van der Waals surface area (Å²) < 4.78 is 0. The van der Waals surface area contributed by atoms with E-state index in [2.05, 4.69) is 10.6 Å². The van der Waals surface area contributed by atoms with Gasteiger partial charge < -0.3 is 20.8 Å². The predicted octanol–water partition coefficient (Wildman–Crippen LogP) is -0.0803. The number of rotatable bonds is 5. The average Bonchev–Trinajstić information content (AvgIpc) is 2.10. The minimum Gasteiger partial charge on any atom is -0.480 e. The second kappa shape index (κ2) is 5.69. The molecule has 0 radical (unpaired) electrons. The van der Waals surface area contributed by atoms with Gasteiger partial charge in [-0.15, -0.1) is 0 Å². The van der Waals surface area contributed by atoms with Crippen LogP contribution in [0.5, 0.6) is 0 Å². The van der Waals surface area contributed by atoms with Crippen LogP contribution in [-0.2, 0) is 4.79 Å². The van der Waals surface area contributed by atoms with E-state index in [1.165, 1.54) is 13.3 Å². The molecule has 92 valence electrons. The standard InChI is InChI=1S/C10H18N2O4/c1-6(13)8(9(14)15)12-10(16)11-5-7-3-2-4-7/h6-8,13H,2-5H2,1H3,(H,14,15)(H2,11,12,16)/t6-,8+/m1/s1. The molecule has 1 aliphatic rings. The Bertz CT molecular complexity index is 264. The highest BCUT2D eigenvalue weighted by Gasteiger charge is 2.25. The number of carboxylic acid groups (broad SMARTS) is 1. The quantitative estimate of drug-likeness (QED) is 0.531. The van der Waals surface area contributed by atoms with Crippen molar-refractivity contribution in [3.8, 4) is 0 Å². The van der Waals surface area contributed by atoms with Gasteiger partial charge in [0.25, 0.3) is 0 Å². The zero-order valence-electron chi connectivity index (χ0n) is 9.27. The summed E-state index contributed by atoms with van der Waals surface area (Å²) in [6, 6.07) is -1.80. The van der Waals surface area contributed by atoms with Crippen LogP contribution in [0.4, 0.5) is 4.79 Å². The Hall–Kier alpha value is -1.30. The summed E-state index contributed by atoms with van der Waals surface area (Å²) >= 11 is 0. The summed E-state index contributed by atoms with van der Waals surface area (Å²) in [6.45, 7) is 1.89. The Balaban J connectivity index is 2.27. The van der Waals surface area contributed by atoms with Crippen LogP contribution in [0.15, 0.2) is 0 Å². The molecule has 1 aliphatic carbocycles. The zero-order valence-corrected chi connectivity index (χ0v) is 9.27. The van der Waals surface area contributed by atoms with Crippen molar-refractivity contribution < 1.29 is 19.8 Å². The molecule has 16 heavy (non-hydrogen) atoms. The fraction of sp³-hybridized carbons (Fsp3) is 0.800. The van der Waals surface area contributed by atoms with Gasteiger partial charge in [-0.1, -0.05) is 6.42 Å². The molecule has 0 aliphatic heterocycles. The van der Waals surface area contributed by atoms with Crippen molar-refractivity contribution in [2.24, 2.45) is 5.92 Å². The zero-order chi connectivity index (χ0) is 12.1. The van der Waals surface area contributed by atoms with Gasteiger partial charge in [0.15, 0.2) is 6.04 Å². The number of urea groups is 1.